The van der Waals surface area contributed by atoms with E-state index in [-0.39, 0.29) is 0 Å². The molecule has 2 rings (SSSR count). The molecule has 0 aromatic carbocycles. The Morgan fingerprint density at radius 3 is 2.29 bits per heavy atom. The summed E-state index contributed by atoms with van der Waals surface area (Å²) < 4.78 is 0. The Morgan fingerprint density at radius 1 is 1.06 bits per heavy atom. The third kappa shape index (κ3) is 2.71. The highest BCUT2D eigenvalue weighted by atomic mass is 32.2. The molecule has 0 unspecified atom stereocenters. The van der Waals surface area contributed by atoms with E-state index in [1.807, 2.05) is 20.8 Å². The number of aromatic nitrogens is 4. The van der Waals surface area contributed by atoms with E-state index in [1.54, 1.807) is 6.07 Å². The van der Waals surface area contributed by atoms with Crippen molar-refractivity contribution in [2.24, 2.45) is 0 Å². The Morgan fingerprint density at radius 2 is 1.71 bits per heavy atom. The molecule has 0 fully saturated rings. The maximum atomic E-state index is 5.59. The summed E-state index contributed by atoms with van der Waals surface area (Å²) in [4.78, 5) is 16.8. The first-order valence-corrected chi connectivity index (χ1v) is 5.95. The highest BCUT2D eigenvalue weighted by Crippen LogP contribution is 2.24. The van der Waals surface area contributed by atoms with Gasteiger partial charge in [-0.3, -0.25) is 0 Å². The topological polar surface area (TPSA) is 77.6 Å². The molecule has 0 aliphatic rings. The third-order valence-corrected chi connectivity index (χ3v) is 3.27. The molecule has 2 N–H and O–H groups in total. The van der Waals surface area contributed by atoms with Gasteiger partial charge in [0.05, 0.1) is 0 Å². The van der Waals surface area contributed by atoms with Gasteiger partial charge in [0.2, 0.25) is 0 Å². The lowest BCUT2D eigenvalue weighted by Gasteiger charge is -2.06. The van der Waals surface area contributed by atoms with Gasteiger partial charge in [0.1, 0.15) is 17.2 Å². The summed E-state index contributed by atoms with van der Waals surface area (Å²) in [6.45, 7) is 5.96. The number of anilines is 1. The summed E-state index contributed by atoms with van der Waals surface area (Å²) in [6, 6.07) is 1.71. The molecule has 0 aliphatic heterocycles. The molecule has 2 heterocycles. The number of nitrogens with zero attached hydrogens (tertiary/aromatic N) is 4. The van der Waals surface area contributed by atoms with Gasteiger partial charge in [0, 0.05) is 17.5 Å². The van der Waals surface area contributed by atoms with Gasteiger partial charge in [-0.1, -0.05) is 0 Å². The first-order chi connectivity index (χ1) is 8.06. The Hall–Kier alpha value is -1.69. The van der Waals surface area contributed by atoms with Crippen LogP contribution in [0.1, 0.15) is 17.0 Å². The zero-order valence-electron chi connectivity index (χ0n) is 9.93. The molecule has 0 spiro atoms. The summed E-state index contributed by atoms with van der Waals surface area (Å²) >= 11 is 1.39. The van der Waals surface area contributed by atoms with E-state index < -0.39 is 0 Å². The molecule has 0 saturated carbocycles. The van der Waals surface area contributed by atoms with E-state index in [1.165, 1.54) is 18.1 Å². The molecule has 17 heavy (non-hydrogen) atoms. The quantitative estimate of drug-likeness (QED) is 0.645. The van der Waals surface area contributed by atoms with E-state index in [0.717, 1.165) is 22.0 Å². The van der Waals surface area contributed by atoms with Crippen LogP contribution in [0.4, 0.5) is 5.82 Å². The van der Waals surface area contributed by atoms with Gasteiger partial charge in [-0.25, -0.2) is 19.9 Å². The van der Waals surface area contributed by atoms with Gasteiger partial charge in [-0.15, -0.1) is 0 Å². The van der Waals surface area contributed by atoms with Crippen LogP contribution in [0.5, 0.6) is 0 Å². The largest absolute Gasteiger partial charge is 0.384 e. The van der Waals surface area contributed by atoms with Crippen LogP contribution in [0, 0.1) is 20.8 Å². The number of nitrogen functional groups attached to an aromatic ring is 1. The lowest BCUT2D eigenvalue weighted by atomic mass is 10.2. The van der Waals surface area contributed by atoms with Crippen molar-refractivity contribution >= 4 is 17.6 Å². The molecular weight excluding hydrogens is 234 g/mol. The van der Waals surface area contributed by atoms with Crippen molar-refractivity contribution in [2.45, 2.75) is 31.0 Å². The van der Waals surface area contributed by atoms with E-state index >= 15 is 0 Å². The number of aryl methyl sites for hydroxylation is 2. The molecule has 88 valence electrons. The second kappa shape index (κ2) is 4.67. The van der Waals surface area contributed by atoms with Crippen LogP contribution in [0.2, 0.25) is 0 Å². The molecule has 0 saturated heterocycles. The fourth-order valence-corrected chi connectivity index (χ4v) is 2.12. The van der Waals surface area contributed by atoms with Gasteiger partial charge < -0.3 is 5.73 Å². The number of nitrogens with two attached hydrogens (primary N) is 1. The first-order valence-electron chi connectivity index (χ1n) is 5.13. The Kier molecular flexibility index (Phi) is 3.23. The SMILES string of the molecule is Cc1nc(Sc2cc(N)ncn2)nc(C)c1C. The Labute approximate surface area is 104 Å². The molecule has 6 heteroatoms. The zero-order chi connectivity index (χ0) is 12.4. The van der Waals surface area contributed by atoms with Crippen molar-refractivity contribution in [1.82, 2.24) is 19.9 Å². The molecule has 2 aromatic rings. The van der Waals surface area contributed by atoms with Gasteiger partial charge in [-0.05, 0) is 38.1 Å². The number of rotatable bonds is 2. The Bertz CT molecular complexity index is 532. The minimum atomic E-state index is 0.447. The molecule has 5 nitrogen and oxygen atoms in total. The van der Waals surface area contributed by atoms with Crippen LogP contribution >= 0.6 is 11.8 Å². The third-order valence-electron chi connectivity index (χ3n) is 2.47. The summed E-state index contributed by atoms with van der Waals surface area (Å²) in [5, 5.41) is 1.43. The van der Waals surface area contributed by atoms with E-state index in [4.69, 9.17) is 5.73 Å². The average molecular weight is 247 g/mol. The fraction of sp³-hybridized carbons (Fsp3) is 0.273. The van der Waals surface area contributed by atoms with Crippen LogP contribution in [-0.2, 0) is 0 Å². The van der Waals surface area contributed by atoms with Crippen LogP contribution in [0.3, 0.4) is 0 Å². The van der Waals surface area contributed by atoms with Gasteiger partial charge >= 0.3 is 0 Å². The van der Waals surface area contributed by atoms with Crippen LogP contribution in [0.15, 0.2) is 22.6 Å². The van der Waals surface area contributed by atoms with Gasteiger partial charge in [-0.2, -0.15) is 0 Å². The monoisotopic (exact) mass is 247 g/mol. The summed E-state index contributed by atoms with van der Waals surface area (Å²) in [5.41, 5.74) is 8.69. The molecule has 0 bridgehead atoms. The lowest BCUT2D eigenvalue weighted by Crippen LogP contribution is -1.98. The van der Waals surface area contributed by atoms with Crippen LogP contribution in [-0.4, -0.2) is 19.9 Å². The maximum Gasteiger partial charge on any atom is 0.194 e. The number of hydrogen-bond acceptors (Lipinski definition) is 6. The summed E-state index contributed by atoms with van der Waals surface area (Å²) in [7, 11) is 0. The van der Waals surface area contributed by atoms with Crippen molar-refractivity contribution < 1.29 is 0 Å². The van der Waals surface area contributed by atoms with E-state index in [0.29, 0.717) is 11.0 Å². The standard InChI is InChI=1S/C11H13N5S/c1-6-7(2)15-11(16-8(6)3)17-10-4-9(12)13-5-14-10/h4-5H,1-3H3,(H2,12,13,14). The predicted molar refractivity (Wildman–Crippen MR) is 66.8 cm³/mol. The van der Waals surface area contributed by atoms with Crippen LogP contribution < -0.4 is 5.73 Å². The van der Waals surface area contributed by atoms with Gasteiger partial charge in [0.15, 0.2) is 5.16 Å². The summed E-state index contributed by atoms with van der Waals surface area (Å²) in [5.74, 6) is 0.447. The van der Waals surface area contributed by atoms with Crippen LogP contribution in [0.25, 0.3) is 0 Å². The second-order valence-electron chi connectivity index (χ2n) is 3.69. The van der Waals surface area contributed by atoms with Crippen molar-refractivity contribution in [3.63, 3.8) is 0 Å². The molecule has 2 aromatic heterocycles. The highest BCUT2D eigenvalue weighted by molar-refractivity contribution is 7.99. The van der Waals surface area contributed by atoms with E-state index in [2.05, 4.69) is 19.9 Å². The molecule has 0 atom stereocenters. The van der Waals surface area contributed by atoms with Crippen molar-refractivity contribution in [2.75, 3.05) is 5.73 Å². The van der Waals surface area contributed by atoms with E-state index in [9.17, 15) is 0 Å². The lowest BCUT2D eigenvalue weighted by molar-refractivity contribution is 0.877. The highest BCUT2D eigenvalue weighted by Gasteiger charge is 2.07. The first kappa shape index (κ1) is 11.8. The smallest absolute Gasteiger partial charge is 0.194 e. The average Bonchev–Trinajstić information content (AvgIpc) is 2.26. The fourth-order valence-electron chi connectivity index (χ4n) is 1.29. The van der Waals surface area contributed by atoms with Crippen molar-refractivity contribution in [1.29, 1.82) is 0 Å². The molecule has 0 amide bonds. The normalized spacial score (nSPS) is 10.5. The summed E-state index contributed by atoms with van der Waals surface area (Å²) in [6.07, 6.45) is 1.44. The minimum Gasteiger partial charge on any atom is -0.384 e. The Balaban J connectivity index is 2.31. The van der Waals surface area contributed by atoms with Crippen molar-refractivity contribution in [3.8, 4) is 0 Å². The van der Waals surface area contributed by atoms with Gasteiger partial charge in [0.25, 0.3) is 0 Å². The van der Waals surface area contributed by atoms with Crippen molar-refractivity contribution in [3.05, 3.63) is 29.3 Å². The minimum absolute atomic E-state index is 0.447. The predicted octanol–water partition coefficient (Wildman–Crippen LogP) is 1.93. The second-order valence-corrected chi connectivity index (χ2v) is 4.67. The zero-order valence-corrected chi connectivity index (χ0v) is 10.7. The maximum absolute atomic E-state index is 5.59. The molecule has 0 radical (unpaired) electrons. The molecular formula is C11H13N5S. The number of hydrogen-bond donors (Lipinski definition) is 1. The molecule has 0 aliphatic carbocycles.